The van der Waals surface area contributed by atoms with E-state index >= 15 is 0 Å². The van der Waals surface area contributed by atoms with Crippen LogP contribution in [0.3, 0.4) is 0 Å². The first-order chi connectivity index (χ1) is 8.70. The fourth-order valence-electron chi connectivity index (χ4n) is 2.06. The van der Waals surface area contributed by atoms with Crippen LogP contribution in [0.1, 0.15) is 69.3 Å². The number of unbranched alkanes of at least 4 members (excludes halogenated alkanes) is 5. The van der Waals surface area contributed by atoms with Crippen molar-refractivity contribution in [2.75, 3.05) is 0 Å². The number of Topliss-reactive ketones (excluding diaryl/α,β-unsaturated/α-hetero) is 1. The summed E-state index contributed by atoms with van der Waals surface area (Å²) in [6.45, 7) is 4.85. The molecule has 0 bridgehead atoms. The summed E-state index contributed by atoms with van der Waals surface area (Å²) in [5, 5.41) is 4.57. The summed E-state index contributed by atoms with van der Waals surface area (Å²) in [6.07, 6.45) is 9.27. The highest BCUT2D eigenvalue weighted by Crippen LogP contribution is 2.18. The fourth-order valence-corrected chi connectivity index (χ4v) is 2.31. The Bertz CT molecular complexity index is 374. The summed E-state index contributed by atoms with van der Waals surface area (Å²) in [5.41, 5.74) is 0.577. The number of rotatable bonds is 9. The monoisotopic (exact) mass is 270 g/mol. The molecule has 18 heavy (non-hydrogen) atoms. The zero-order valence-electron chi connectivity index (χ0n) is 11.4. The number of ketones is 1. The molecule has 0 aliphatic heterocycles. The third-order valence-electron chi connectivity index (χ3n) is 3.12. The molecule has 1 heterocycles. The quantitative estimate of drug-likeness (QED) is 0.489. The smallest absolute Gasteiger partial charge is 0.182 e. The standard InChI is InChI=1S/C14H23ClN2O/c1-3-5-6-7-8-9-10-13(18)14-12(15)11-16-17(14)4-2/h11H,3-10H2,1-2H3. The topological polar surface area (TPSA) is 34.9 Å². The van der Waals surface area contributed by atoms with E-state index in [0.717, 1.165) is 12.8 Å². The molecule has 1 aromatic heterocycles. The predicted molar refractivity (Wildman–Crippen MR) is 75.2 cm³/mol. The Labute approximate surface area is 115 Å². The van der Waals surface area contributed by atoms with Crippen molar-refractivity contribution in [3.05, 3.63) is 16.9 Å². The number of aromatic nitrogens is 2. The highest BCUT2D eigenvalue weighted by Gasteiger charge is 2.15. The summed E-state index contributed by atoms with van der Waals surface area (Å²) in [4.78, 5) is 12.0. The molecule has 0 radical (unpaired) electrons. The van der Waals surface area contributed by atoms with E-state index in [1.807, 2.05) is 6.92 Å². The van der Waals surface area contributed by atoms with Crippen molar-refractivity contribution in [1.29, 1.82) is 0 Å². The van der Waals surface area contributed by atoms with Gasteiger partial charge in [-0.15, -0.1) is 0 Å². The first-order valence-corrected chi connectivity index (χ1v) is 7.33. The third kappa shape index (κ3) is 4.45. The Morgan fingerprint density at radius 1 is 1.22 bits per heavy atom. The number of hydrogen-bond donors (Lipinski definition) is 0. The van der Waals surface area contributed by atoms with Gasteiger partial charge in [0.1, 0.15) is 5.69 Å². The van der Waals surface area contributed by atoms with Crippen molar-refractivity contribution in [2.45, 2.75) is 65.3 Å². The lowest BCUT2D eigenvalue weighted by Crippen LogP contribution is -2.09. The zero-order chi connectivity index (χ0) is 13.4. The lowest BCUT2D eigenvalue weighted by Gasteiger charge is -2.04. The van der Waals surface area contributed by atoms with E-state index in [-0.39, 0.29) is 5.78 Å². The van der Waals surface area contributed by atoms with Crippen molar-refractivity contribution in [3.63, 3.8) is 0 Å². The molecule has 0 unspecified atom stereocenters. The minimum absolute atomic E-state index is 0.120. The Kier molecular flexibility index (Phi) is 7.02. The van der Waals surface area contributed by atoms with Gasteiger partial charge in [-0.2, -0.15) is 5.10 Å². The molecule has 0 fully saturated rings. The van der Waals surface area contributed by atoms with Crippen LogP contribution in [0, 0.1) is 0 Å². The molecule has 0 atom stereocenters. The highest BCUT2D eigenvalue weighted by atomic mass is 35.5. The van der Waals surface area contributed by atoms with E-state index in [9.17, 15) is 4.79 Å². The maximum absolute atomic E-state index is 12.0. The SMILES string of the molecule is CCCCCCCCC(=O)c1c(Cl)cnn1CC. The minimum Gasteiger partial charge on any atom is -0.292 e. The van der Waals surface area contributed by atoms with Gasteiger partial charge in [0.05, 0.1) is 11.2 Å². The molecule has 0 aliphatic rings. The summed E-state index contributed by atoms with van der Waals surface area (Å²) in [7, 11) is 0. The van der Waals surface area contributed by atoms with Crippen LogP contribution in [0.4, 0.5) is 0 Å². The second-order valence-electron chi connectivity index (χ2n) is 4.60. The van der Waals surface area contributed by atoms with Crippen molar-refractivity contribution in [3.8, 4) is 0 Å². The van der Waals surface area contributed by atoms with E-state index < -0.39 is 0 Å². The number of hydrogen-bond acceptors (Lipinski definition) is 2. The third-order valence-corrected chi connectivity index (χ3v) is 3.39. The molecular weight excluding hydrogens is 248 g/mol. The Balaban J connectivity index is 2.34. The molecule has 0 saturated carbocycles. The van der Waals surface area contributed by atoms with Gasteiger partial charge < -0.3 is 0 Å². The van der Waals surface area contributed by atoms with Crippen molar-refractivity contribution < 1.29 is 4.79 Å². The molecule has 4 heteroatoms. The van der Waals surface area contributed by atoms with E-state index in [1.54, 1.807) is 10.9 Å². The van der Waals surface area contributed by atoms with Crippen LogP contribution in [0.2, 0.25) is 5.02 Å². The molecule has 1 aromatic rings. The van der Waals surface area contributed by atoms with Crippen LogP contribution >= 0.6 is 11.6 Å². The molecule has 0 N–H and O–H groups in total. The van der Waals surface area contributed by atoms with Crippen molar-refractivity contribution in [1.82, 2.24) is 9.78 Å². The first-order valence-electron chi connectivity index (χ1n) is 6.95. The summed E-state index contributed by atoms with van der Waals surface area (Å²) in [5.74, 6) is 0.120. The van der Waals surface area contributed by atoms with E-state index in [0.29, 0.717) is 23.7 Å². The fraction of sp³-hybridized carbons (Fsp3) is 0.714. The second-order valence-corrected chi connectivity index (χ2v) is 5.01. The normalized spacial score (nSPS) is 10.8. The maximum atomic E-state index is 12.0. The van der Waals surface area contributed by atoms with Gasteiger partial charge >= 0.3 is 0 Å². The highest BCUT2D eigenvalue weighted by molar-refractivity contribution is 6.33. The molecule has 0 aliphatic carbocycles. The molecule has 1 rings (SSSR count). The van der Waals surface area contributed by atoms with Gasteiger partial charge in [-0.3, -0.25) is 9.48 Å². The van der Waals surface area contributed by atoms with Gasteiger partial charge in [0.15, 0.2) is 5.78 Å². The summed E-state index contributed by atoms with van der Waals surface area (Å²) < 4.78 is 1.68. The Morgan fingerprint density at radius 3 is 2.56 bits per heavy atom. The van der Waals surface area contributed by atoms with Crippen LogP contribution in [-0.4, -0.2) is 15.6 Å². The minimum atomic E-state index is 0.120. The van der Waals surface area contributed by atoms with Crippen LogP contribution < -0.4 is 0 Å². The molecular formula is C14H23ClN2O. The largest absolute Gasteiger partial charge is 0.292 e. The van der Waals surface area contributed by atoms with Gasteiger partial charge in [-0.25, -0.2) is 0 Å². The van der Waals surface area contributed by atoms with Crippen molar-refractivity contribution >= 4 is 17.4 Å². The molecule has 0 aromatic carbocycles. The lowest BCUT2D eigenvalue weighted by atomic mass is 10.1. The average molecular weight is 271 g/mol. The van der Waals surface area contributed by atoms with Gasteiger partial charge in [0, 0.05) is 13.0 Å². The van der Waals surface area contributed by atoms with Gasteiger partial charge in [0.25, 0.3) is 0 Å². The molecule has 0 amide bonds. The van der Waals surface area contributed by atoms with E-state index in [4.69, 9.17) is 11.6 Å². The predicted octanol–water partition coefficient (Wildman–Crippen LogP) is 4.49. The van der Waals surface area contributed by atoms with Gasteiger partial charge in [0.2, 0.25) is 0 Å². The van der Waals surface area contributed by atoms with E-state index in [2.05, 4.69) is 12.0 Å². The lowest BCUT2D eigenvalue weighted by molar-refractivity contribution is 0.0969. The number of carbonyl (C=O) groups excluding carboxylic acids is 1. The first kappa shape index (κ1) is 15.2. The van der Waals surface area contributed by atoms with Crippen molar-refractivity contribution in [2.24, 2.45) is 0 Å². The molecule has 0 saturated heterocycles. The molecule has 0 spiro atoms. The summed E-state index contributed by atoms with van der Waals surface area (Å²) >= 11 is 6.00. The number of halogens is 1. The van der Waals surface area contributed by atoms with Crippen LogP contribution in [-0.2, 0) is 6.54 Å². The molecule has 102 valence electrons. The van der Waals surface area contributed by atoms with E-state index in [1.165, 1.54) is 25.7 Å². The van der Waals surface area contributed by atoms with Gasteiger partial charge in [-0.05, 0) is 13.3 Å². The maximum Gasteiger partial charge on any atom is 0.182 e. The van der Waals surface area contributed by atoms with Crippen LogP contribution in [0.15, 0.2) is 6.20 Å². The Hall–Kier alpha value is -0.830. The zero-order valence-corrected chi connectivity index (χ0v) is 12.2. The summed E-state index contributed by atoms with van der Waals surface area (Å²) in [6, 6.07) is 0. The van der Waals surface area contributed by atoms with Crippen LogP contribution in [0.5, 0.6) is 0 Å². The number of aryl methyl sites for hydroxylation is 1. The second kappa shape index (κ2) is 8.30. The number of nitrogens with zero attached hydrogens (tertiary/aromatic N) is 2. The van der Waals surface area contributed by atoms with Gasteiger partial charge in [-0.1, -0.05) is 50.6 Å². The Morgan fingerprint density at radius 2 is 1.89 bits per heavy atom. The molecule has 3 nitrogen and oxygen atoms in total. The number of carbonyl (C=O) groups is 1. The van der Waals surface area contributed by atoms with Crippen LogP contribution in [0.25, 0.3) is 0 Å². The average Bonchev–Trinajstić information content (AvgIpc) is 2.74.